The maximum Gasteiger partial charge on any atom is -0.0279 e. The summed E-state index contributed by atoms with van der Waals surface area (Å²) in [4.78, 5) is 0. The summed E-state index contributed by atoms with van der Waals surface area (Å²) in [5, 5.41) is 0. The fourth-order valence-electron chi connectivity index (χ4n) is 1.40. The lowest BCUT2D eigenvalue weighted by Crippen LogP contribution is -1.84. The van der Waals surface area contributed by atoms with E-state index in [0.717, 1.165) is 0 Å². The fourth-order valence-corrected chi connectivity index (χ4v) is 1.40. The number of hydrogen-bond acceptors (Lipinski definition) is 0. The van der Waals surface area contributed by atoms with Crippen LogP contribution in [-0.4, -0.2) is 0 Å². The van der Waals surface area contributed by atoms with Gasteiger partial charge in [-0.2, -0.15) is 0 Å². The highest BCUT2D eigenvalue weighted by atomic mass is 14.0. The van der Waals surface area contributed by atoms with Crippen molar-refractivity contribution in [2.24, 2.45) is 0 Å². The van der Waals surface area contributed by atoms with Gasteiger partial charge in [-0.05, 0) is 18.4 Å². The van der Waals surface area contributed by atoms with Gasteiger partial charge >= 0.3 is 0 Å². The molecule has 0 radical (unpaired) electrons. The summed E-state index contributed by atoms with van der Waals surface area (Å²) in [5.41, 5.74) is 1.48. The maximum absolute atomic E-state index is 2.25. The maximum atomic E-state index is 2.25. The summed E-state index contributed by atoms with van der Waals surface area (Å²) in [6.45, 7) is 10.6. The molecule has 0 aliphatic heterocycles. The topological polar surface area (TPSA) is 0 Å². The highest BCUT2D eigenvalue weighted by Gasteiger charge is 1.90. The Bertz CT molecular complexity index is 211. The van der Waals surface area contributed by atoms with Crippen LogP contribution in [-0.2, 0) is 6.42 Å². The van der Waals surface area contributed by atoms with E-state index in [1.807, 2.05) is 13.8 Å². The van der Waals surface area contributed by atoms with Gasteiger partial charge in [-0.15, -0.1) is 0 Å². The van der Waals surface area contributed by atoms with Crippen molar-refractivity contribution in [2.45, 2.75) is 79.6 Å². The molecule has 0 unspecified atom stereocenters. The Morgan fingerprint density at radius 1 is 0.667 bits per heavy atom. The molecule has 0 spiro atoms. The summed E-state index contributed by atoms with van der Waals surface area (Å²) in [6, 6.07) is 10.7. The van der Waals surface area contributed by atoms with Crippen molar-refractivity contribution < 1.29 is 0 Å². The van der Waals surface area contributed by atoms with Gasteiger partial charge in [0, 0.05) is 0 Å². The number of hydrogen-bond donors (Lipinski definition) is 0. The quantitative estimate of drug-likeness (QED) is 0.496. The molecule has 0 fully saturated rings. The van der Waals surface area contributed by atoms with E-state index in [4.69, 9.17) is 0 Å². The minimum absolute atomic E-state index is 1.25. The first-order valence-corrected chi connectivity index (χ1v) is 7.89. The normalized spacial score (nSPS) is 8.72. The Morgan fingerprint density at radius 2 is 1.22 bits per heavy atom. The summed E-state index contributed by atoms with van der Waals surface area (Å²) in [6.07, 6.45) is 9.33. The third kappa shape index (κ3) is 15.2. The molecule has 1 rings (SSSR count). The molecule has 0 amide bonds. The van der Waals surface area contributed by atoms with Crippen molar-refractivity contribution >= 4 is 0 Å². The molecule has 0 saturated heterocycles. The Labute approximate surface area is 116 Å². The van der Waals surface area contributed by atoms with E-state index >= 15 is 0 Å². The van der Waals surface area contributed by atoms with Gasteiger partial charge in [0.1, 0.15) is 0 Å². The van der Waals surface area contributed by atoms with Gasteiger partial charge in [-0.3, -0.25) is 0 Å². The second-order valence-electron chi connectivity index (χ2n) is 4.30. The molecule has 1 aromatic carbocycles. The predicted octanol–water partition coefficient (Wildman–Crippen LogP) is 6.64. The standard InChI is InChI=1S/C12H18.C4H10.C2H6/c1-2-3-4-6-9-12-10-7-5-8-11-12;1-3-4-2;1-2/h5,7-8,10-11H,2-4,6,9H2,1H3;3-4H2,1-2H3;1-2H3. The van der Waals surface area contributed by atoms with Gasteiger partial charge in [0.25, 0.3) is 0 Å². The minimum atomic E-state index is 1.25. The zero-order valence-electron chi connectivity index (χ0n) is 13.3. The molecule has 0 N–H and O–H groups in total. The summed E-state index contributed by atoms with van der Waals surface area (Å²) >= 11 is 0. The molecule has 0 bridgehead atoms. The second-order valence-corrected chi connectivity index (χ2v) is 4.30. The SMILES string of the molecule is CC.CCCC.CCCCCCc1ccccc1. The van der Waals surface area contributed by atoms with Crippen LogP contribution < -0.4 is 0 Å². The van der Waals surface area contributed by atoms with Crippen LogP contribution >= 0.6 is 0 Å². The average molecular weight is 250 g/mol. The van der Waals surface area contributed by atoms with Crippen LogP contribution in [0.5, 0.6) is 0 Å². The Morgan fingerprint density at radius 3 is 1.67 bits per heavy atom. The molecule has 0 aliphatic rings. The van der Waals surface area contributed by atoms with Crippen molar-refractivity contribution in [2.75, 3.05) is 0 Å². The van der Waals surface area contributed by atoms with Gasteiger partial charge in [0.05, 0.1) is 0 Å². The predicted molar refractivity (Wildman–Crippen MR) is 86.2 cm³/mol. The lowest BCUT2D eigenvalue weighted by atomic mass is 10.1. The molecule has 0 atom stereocenters. The highest BCUT2D eigenvalue weighted by Crippen LogP contribution is 2.06. The van der Waals surface area contributed by atoms with Crippen molar-refractivity contribution in [1.29, 1.82) is 0 Å². The second kappa shape index (κ2) is 18.6. The van der Waals surface area contributed by atoms with Crippen LogP contribution in [0.25, 0.3) is 0 Å². The van der Waals surface area contributed by atoms with E-state index in [1.165, 1.54) is 50.5 Å². The highest BCUT2D eigenvalue weighted by molar-refractivity contribution is 5.14. The lowest BCUT2D eigenvalue weighted by Gasteiger charge is -1.99. The summed E-state index contributed by atoms with van der Waals surface area (Å²) < 4.78 is 0. The Hall–Kier alpha value is -0.780. The Balaban J connectivity index is 0. The first-order chi connectivity index (χ1) is 8.85. The van der Waals surface area contributed by atoms with Crippen molar-refractivity contribution in [3.05, 3.63) is 35.9 Å². The van der Waals surface area contributed by atoms with Crippen LogP contribution in [0.1, 0.15) is 78.7 Å². The molecular formula is C18H34. The number of benzene rings is 1. The minimum Gasteiger partial charge on any atom is -0.0683 e. The zero-order chi connectivity index (χ0) is 14.1. The van der Waals surface area contributed by atoms with Gasteiger partial charge in [0.2, 0.25) is 0 Å². The molecule has 0 saturated carbocycles. The monoisotopic (exact) mass is 250 g/mol. The number of rotatable bonds is 6. The molecule has 1 aromatic rings. The molecule has 106 valence electrons. The van der Waals surface area contributed by atoms with Crippen LogP contribution in [0.4, 0.5) is 0 Å². The third-order valence-corrected chi connectivity index (χ3v) is 2.66. The molecular weight excluding hydrogens is 216 g/mol. The van der Waals surface area contributed by atoms with E-state index in [2.05, 4.69) is 51.1 Å². The molecule has 0 heteroatoms. The van der Waals surface area contributed by atoms with Crippen LogP contribution in [0, 0.1) is 0 Å². The first kappa shape index (κ1) is 19.6. The van der Waals surface area contributed by atoms with Crippen molar-refractivity contribution in [3.8, 4) is 0 Å². The number of unbranched alkanes of at least 4 members (excludes halogenated alkanes) is 4. The fraction of sp³-hybridized carbons (Fsp3) is 0.667. The van der Waals surface area contributed by atoms with Crippen molar-refractivity contribution in [1.82, 2.24) is 0 Å². The van der Waals surface area contributed by atoms with Crippen LogP contribution in [0.3, 0.4) is 0 Å². The lowest BCUT2D eigenvalue weighted by molar-refractivity contribution is 0.667. The van der Waals surface area contributed by atoms with Crippen molar-refractivity contribution in [3.63, 3.8) is 0 Å². The van der Waals surface area contributed by atoms with Gasteiger partial charge in [-0.25, -0.2) is 0 Å². The van der Waals surface area contributed by atoms with Gasteiger partial charge < -0.3 is 0 Å². The molecule has 0 aromatic heterocycles. The van der Waals surface area contributed by atoms with E-state index < -0.39 is 0 Å². The van der Waals surface area contributed by atoms with Gasteiger partial charge in [-0.1, -0.05) is 97.1 Å². The zero-order valence-corrected chi connectivity index (χ0v) is 13.3. The van der Waals surface area contributed by atoms with Crippen LogP contribution in [0.15, 0.2) is 30.3 Å². The van der Waals surface area contributed by atoms with Crippen LogP contribution in [0.2, 0.25) is 0 Å². The van der Waals surface area contributed by atoms with E-state index in [-0.39, 0.29) is 0 Å². The van der Waals surface area contributed by atoms with E-state index in [0.29, 0.717) is 0 Å². The van der Waals surface area contributed by atoms with Gasteiger partial charge in [0.15, 0.2) is 0 Å². The summed E-state index contributed by atoms with van der Waals surface area (Å²) in [7, 11) is 0. The molecule has 0 aliphatic carbocycles. The Kier molecular flexibility index (Phi) is 20.2. The van der Waals surface area contributed by atoms with E-state index in [9.17, 15) is 0 Å². The third-order valence-electron chi connectivity index (χ3n) is 2.66. The average Bonchev–Trinajstić information content (AvgIpc) is 2.47. The molecule has 18 heavy (non-hydrogen) atoms. The first-order valence-electron chi connectivity index (χ1n) is 7.89. The summed E-state index contributed by atoms with van der Waals surface area (Å²) in [5.74, 6) is 0. The number of aryl methyl sites for hydroxylation is 1. The molecule has 0 heterocycles. The largest absolute Gasteiger partial charge is 0.0683 e. The van der Waals surface area contributed by atoms with E-state index in [1.54, 1.807) is 0 Å². The molecule has 0 nitrogen and oxygen atoms in total. The smallest absolute Gasteiger partial charge is 0.0279 e.